The standard InChI is InChI=1S/C21H32N6.HI/c1-3-26-14-7-10-19(26)16-25-21(22-2)24-12-11-20-23-13-15-27(20)17-18-8-5-4-6-9-18;/h4-6,8-9,13,15,19H,3,7,10-12,14,16-17H2,1-2H3,(H2,22,24,25);1H. The average Bonchev–Trinajstić information content (AvgIpc) is 3.34. The number of hydrogen-bond acceptors (Lipinski definition) is 3. The number of nitrogens with one attached hydrogen (secondary N) is 2. The maximum absolute atomic E-state index is 4.52. The van der Waals surface area contributed by atoms with Crippen LogP contribution in [0.4, 0.5) is 0 Å². The quantitative estimate of drug-likeness (QED) is 0.335. The normalized spacial score (nSPS) is 17.4. The Kier molecular flexibility index (Phi) is 9.77. The Morgan fingerprint density at radius 1 is 1.25 bits per heavy atom. The number of rotatable bonds is 8. The van der Waals surface area contributed by atoms with Gasteiger partial charge in [0, 0.05) is 51.5 Å². The van der Waals surface area contributed by atoms with E-state index in [1.165, 1.54) is 24.9 Å². The number of imidazole rings is 1. The first-order valence-corrected chi connectivity index (χ1v) is 10.0. The number of halogens is 1. The van der Waals surface area contributed by atoms with E-state index in [0.29, 0.717) is 6.04 Å². The summed E-state index contributed by atoms with van der Waals surface area (Å²) in [7, 11) is 1.83. The lowest BCUT2D eigenvalue weighted by molar-refractivity contribution is 0.267. The molecule has 7 heteroatoms. The maximum atomic E-state index is 4.52. The lowest BCUT2D eigenvalue weighted by Gasteiger charge is -2.24. The second-order valence-electron chi connectivity index (χ2n) is 7.01. The number of benzene rings is 1. The first kappa shape index (κ1) is 22.7. The van der Waals surface area contributed by atoms with Gasteiger partial charge in [-0.1, -0.05) is 37.3 Å². The summed E-state index contributed by atoms with van der Waals surface area (Å²) in [4.78, 5) is 11.4. The summed E-state index contributed by atoms with van der Waals surface area (Å²) in [6.45, 7) is 7.21. The Bertz CT molecular complexity index is 715. The fraction of sp³-hybridized carbons (Fsp3) is 0.524. The van der Waals surface area contributed by atoms with Crippen LogP contribution in [0.15, 0.2) is 47.7 Å². The SMILES string of the molecule is CCN1CCCC1CNC(=NC)NCCc1nccn1Cc1ccccc1.I. The molecule has 1 saturated heterocycles. The largest absolute Gasteiger partial charge is 0.356 e. The minimum Gasteiger partial charge on any atom is -0.356 e. The van der Waals surface area contributed by atoms with Crippen molar-refractivity contribution in [1.29, 1.82) is 0 Å². The summed E-state index contributed by atoms with van der Waals surface area (Å²) in [5.74, 6) is 1.97. The van der Waals surface area contributed by atoms with E-state index >= 15 is 0 Å². The summed E-state index contributed by atoms with van der Waals surface area (Å²) in [6.07, 6.45) is 7.37. The highest BCUT2D eigenvalue weighted by Gasteiger charge is 2.22. The third-order valence-electron chi connectivity index (χ3n) is 5.27. The molecule has 6 nitrogen and oxygen atoms in total. The topological polar surface area (TPSA) is 57.5 Å². The predicted octanol–water partition coefficient (Wildman–Crippen LogP) is 2.74. The molecule has 0 saturated carbocycles. The molecule has 1 aliphatic rings. The van der Waals surface area contributed by atoms with E-state index in [0.717, 1.165) is 44.4 Å². The Morgan fingerprint density at radius 2 is 2.07 bits per heavy atom. The van der Waals surface area contributed by atoms with E-state index in [4.69, 9.17) is 0 Å². The third kappa shape index (κ3) is 6.48. The van der Waals surface area contributed by atoms with Gasteiger partial charge in [-0.05, 0) is 31.5 Å². The van der Waals surface area contributed by atoms with Crippen LogP contribution in [0.5, 0.6) is 0 Å². The second kappa shape index (κ2) is 12.1. The number of guanidine groups is 1. The molecule has 2 heterocycles. The molecule has 3 rings (SSSR count). The third-order valence-corrected chi connectivity index (χ3v) is 5.27. The van der Waals surface area contributed by atoms with E-state index in [1.807, 2.05) is 19.3 Å². The molecule has 0 radical (unpaired) electrons. The summed E-state index contributed by atoms with van der Waals surface area (Å²) < 4.78 is 2.21. The summed E-state index contributed by atoms with van der Waals surface area (Å²) in [5.41, 5.74) is 1.29. The van der Waals surface area contributed by atoms with Gasteiger partial charge in [0.05, 0.1) is 0 Å². The number of aliphatic imine (C=N–C) groups is 1. The Morgan fingerprint density at radius 3 is 2.82 bits per heavy atom. The summed E-state index contributed by atoms with van der Waals surface area (Å²) in [6, 6.07) is 11.1. The number of nitrogens with zero attached hydrogens (tertiary/aromatic N) is 4. The van der Waals surface area contributed by atoms with Crippen molar-refractivity contribution in [3.63, 3.8) is 0 Å². The lowest BCUT2D eigenvalue weighted by Crippen LogP contribution is -2.45. The molecular weight excluding hydrogens is 463 g/mol. The highest BCUT2D eigenvalue weighted by molar-refractivity contribution is 14.0. The minimum absolute atomic E-state index is 0. The molecule has 28 heavy (non-hydrogen) atoms. The molecule has 1 aromatic carbocycles. The van der Waals surface area contributed by atoms with Crippen molar-refractivity contribution >= 4 is 29.9 Å². The maximum Gasteiger partial charge on any atom is 0.191 e. The molecular formula is C21H33IN6. The van der Waals surface area contributed by atoms with E-state index in [2.05, 4.69) is 67.5 Å². The molecule has 1 aromatic heterocycles. The van der Waals surface area contributed by atoms with Gasteiger partial charge in [-0.25, -0.2) is 4.98 Å². The van der Waals surface area contributed by atoms with E-state index in [1.54, 1.807) is 0 Å². The zero-order chi connectivity index (χ0) is 18.9. The molecule has 2 N–H and O–H groups in total. The van der Waals surface area contributed by atoms with Crippen LogP contribution in [0.25, 0.3) is 0 Å². The van der Waals surface area contributed by atoms with Crippen LogP contribution >= 0.6 is 24.0 Å². The first-order chi connectivity index (χ1) is 13.3. The summed E-state index contributed by atoms with van der Waals surface area (Å²) >= 11 is 0. The molecule has 154 valence electrons. The van der Waals surface area contributed by atoms with E-state index in [-0.39, 0.29) is 24.0 Å². The molecule has 1 fully saturated rings. The van der Waals surface area contributed by atoms with Crippen LogP contribution in [0.3, 0.4) is 0 Å². The Labute approximate surface area is 185 Å². The van der Waals surface area contributed by atoms with Crippen LogP contribution in [0, 0.1) is 0 Å². The van der Waals surface area contributed by atoms with Gasteiger partial charge < -0.3 is 15.2 Å². The number of likely N-dealkylation sites (N-methyl/N-ethyl adjacent to an activating group) is 1. The van der Waals surface area contributed by atoms with Crippen LogP contribution in [0.2, 0.25) is 0 Å². The fourth-order valence-corrected chi connectivity index (χ4v) is 3.76. The first-order valence-electron chi connectivity index (χ1n) is 10.0. The smallest absolute Gasteiger partial charge is 0.191 e. The van der Waals surface area contributed by atoms with Gasteiger partial charge in [-0.2, -0.15) is 0 Å². The average molecular weight is 496 g/mol. The van der Waals surface area contributed by atoms with Crippen molar-refractivity contribution in [2.75, 3.05) is 33.2 Å². The van der Waals surface area contributed by atoms with Gasteiger partial charge in [0.25, 0.3) is 0 Å². The van der Waals surface area contributed by atoms with Crippen molar-refractivity contribution in [2.45, 2.75) is 38.8 Å². The van der Waals surface area contributed by atoms with Gasteiger partial charge in [0.15, 0.2) is 5.96 Å². The molecule has 2 aromatic rings. The predicted molar refractivity (Wildman–Crippen MR) is 127 cm³/mol. The number of likely N-dealkylation sites (tertiary alicyclic amines) is 1. The molecule has 0 bridgehead atoms. The van der Waals surface area contributed by atoms with Crippen molar-refractivity contribution in [1.82, 2.24) is 25.1 Å². The summed E-state index contributed by atoms with van der Waals surface area (Å²) in [5, 5.41) is 6.90. The van der Waals surface area contributed by atoms with Gasteiger partial charge in [-0.3, -0.25) is 9.89 Å². The van der Waals surface area contributed by atoms with Gasteiger partial charge in [0.1, 0.15) is 5.82 Å². The zero-order valence-corrected chi connectivity index (χ0v) is 19.3. The van der Waals surface area contributed by atoms with Crippen LogP contribution in [-0.2, 0) is 13.0 Å². The fourth-order valence-electron chi connectivity index (χ4n) is 3.76. The van der Waals surface area contributed by atoms with Gasteiger partial charge in [-0.15, -0.1) is 24.0 Å². The zero-order valence-electron chi connectivity index (χ0n) is 17.0. The second-order valence-corrected chi connectivity index (χ2v) is 7.01. The molecule has 1 aliphatic heterocycles. The monoisotopic (exact) mass is 496 g/mol. The highest BCUT2D eigenvalue weighted by Crippen LogP contribution is 2.15. The molecule has 0 aliphatic carbocycles. The Hall–Kier alpha value is -1.61. The van der Waals surface area contributed by atoms with E-state index < -0.39 is 0 Å². The number of aromatic nitrogens is 2. The molecule has 1 atom stereocenters. The van der Waals surface area contributed by atoms with Gasteiger partial charge >= 0.3 is 0 Å². The van der Waals surface area contributed by atoms with Crippen molar-refractivity contribution in [3.8, 4) is 0 Å². The van der Waals surface area contributed by atoms with E-state index in [9.17, 15) is 0 Å². The number of hydrogen-bond donors (Lipinski definition) is 2. The van der Waals surface area contributed by atoms with Crippen molar-refractivity contribution in [2.24, 2.45) is 4.99 Å². The molecule has 0 spiro atoms. The van der Waals surface area contributed by atoms with Gasteiger partial charge in [0.2, 0.25) is 0 Å². The Balaban J connectivity index is 0.00000280. The highest BCUT2D eigenvalue weighted by atomic mass is 127. The van der Waals surface area contributed by atoms with Crippen LogP contribution in [0.1, 0.15) is 31.2 Å². The molecule has 1 unspecified atom stereocenters. The van der Waals surface area contributed by atoms with Crippen molar-refractivity contribution in [3.05, 3.63) is 54.1 Å². The lowest BCUT2D eigenvalue weighted by atomic mass is 10.2. The van der Waals surface area contributed by atoms with Crippen molar-refractivity contribution < 1.29 is 0 Å². The van der Waals surface area contributed by atoms with Crippen LogP contribution in [-0.4, -0.2) is 59.7 Å². The van der Waals surface area contributed by atoms with Crippen LogP contribution < -0.4 is 10.6 Å². The minimum atomic E-state index is 0. The molecule has 0 amide bonds.